The van der Waals surface area contributed by atoms with Crippen molar-refractivity contribution in [3.63, 3.8) is 0 Å². The second-order valence-electron chi connectivity index (χ2n) is 10.9. The number of halogens is 1. The van der Waals surface area contributed by atoms with Crippen molar-refractivity contribution in [2.45, 2.75) is 39.2 Å². The molecule has 0 atom stereocenters. The molecule has 3 aromatic rings. The van der Waals surface area contributed by atoms with Gasteiger partial charge in [-0.25, -0.2) is 0 Å². The van der Waals surface area contributed by atoms with Crippen LogP contribution < -0.4 is 17.7 Å². The molecule has 1 N–H and O–H groups in total. The lowest BCUT2D eigenvalue weighted by Gasteiger charge is -2.40. The smallest absolute Gasteiger partial charge is 0.309 e. The van der Waals surface area contributed by atoms with Gasteiger partial charge in [-0.3, -0.25) is 9.59 Å². The minimum atomic E-state index is -0.0490. The summed E-state index contributed by atoms with van der Waals surface area (Å²) >= 11 is 0. The lowest BCUT2D eigenvalue weighted by Crippen LogP contribution is -3.00. The van der Waals surface area contributed by atoms with Crippen LogP contribution in [0.15, 0.2) is 78.4 Å². The van der Waals surface area contributed by atoms with Crippen molar-refractivity contribution in [1.29, 1.82) is 0 Å². The maximum Gasteiger partial charge on any atom is 0.309 e. The monoisotopic (exact) mass is 544 g/mol. The van der Waals surface area contributed by atoms with Crippen LogP contribution in [0, 0.1) is 5.92 Å². The maximum atomic E-state index is 13.1. The number of rotatable bonds is 7. The Morgan fingerprint density at radius 1 is 0.923 bits per heavy atom. The summed E-state index contributed by atoms with van der Waals surface area (Å²) < 4.78 is 6.13. The van der Waals surface area contributed by atoms with E-state index >= 15 is 0 Å². The fourth-order valence-electron chi connectivity index (χ4n) is 5.67. The predicted molar refractivity (Wildman–Crippen MR) is 152 cm³/mol. The van der Waals surface area contributed by atoms with Gasteiger partial charge in [0, 0.05) is 29.7 Å². The molecule has 39 heavy (non-hydrogen) atoms. The number of hydrogen-bond donors (Lipinski definition) is 1. The Morgan fingerprint density at radius 2 is 1.64 bits per heavy atom. The third kappa shape index (κ3) is 6.97. The number of likely N-dealkylation sites (tertiary alicyclic amines) is 1. The number of carbonyl (C=O) groups is 2. The summed E-state index contributed by atoms with van der Waals surface area (Å²) in [6.07, 6.45) is 5.39. The van der Waals surface area contributed by atoms with E-state index in [4.69, 9.17) is 4.74 Å². The molecule has 6 heteroatoms. The van der Waals surface area contributed by atoms with Crippen molar-refractivity contribution in [3.8, 4) is 11.1 Å². The highest BCUT2D eigenvalue weighted by atomic mass is 35.5. The van der Waals surface area contributed by atoms with Gasteiger partial charge < -0.3 is 26.9 Å². The van der Waals surface area contributed by atoms with Gasteiger partial charge in [-0.2, -0.15) is 0 Å². The number of anilines is 1. The van der Waals surface area contributed by atoms with Crippen LogP contribution in [0.25, 0.3) is 17.2 Å². The second kappa shape index (κ2) is 12.6. The summed E-state index contributed by atoms with van der Waals surface area (Å²) in [4.78, 5) is 25.2. The Bertz CT molecular complexity index is 1330. The molecule has 1 amide bonds. The van der Waals surface area contributed by atoms with Crippen molar-refractivity contribution in [3.05, 3.63) is 95.1 Å². The van der Waals surface area contributed by atoms with E-state index in [9.17, 15) is 9.59 Å². The highest BCUT2D eigenvalue weighted by Gasteiger charge is 2.34. The molecule has 1 aliphatic carbocycles. The third-order valence-corrected chi connectivity index (χ3v) is 7.97. The lowest BCUT2D eigenvalue weighted by molar-refractivity contribution is -0.927. The molecule has 3 aromatic carbocycles. The molecule has 204 valence electrons. The van der Waals surface area contributed by atoms with Crippen LogP contribution in [-0.2, 0) is 27.3 Å². The van der Waals surface area contributed by atoms with Crippen LogP contribution in [0.1, 0.15) is 42.9 Å². The first-order chi connectivity index (χ1) is 18.4. The van der Waals surface area contributed by atoms with Crippen LogP contribution in [0.3, 0.4) is 0 Å². The van der Waals surface area contributed by atoms with Gasteiger partial charge in [0.15, 0.2) is 0 Å². The van der Waals surface area contributed by atoms with Crippen LogP contribution in [0.5, 0.6) is 0 Å². The van der Waals surface area contributed by atoms with E-state index in [1.165, 1.54) is 22.3 Å². The number of fused-ring (bicyclic) bond motifs is 1. The second-order valence-corrected chi connectivity index (χ2v) is 10.9. The summed E-state index contributed by atoms with van der Waals surface area (Å²) in [6, 6.07) is 25.1. The molecule has 0 bridgehead atoms. The average molecular weight is 545 g/mol. The fraction of sp³-hybridized carbons (Fsp3) is 0.333. The number of quaternary nitrogens is 1. The van der Waals surface area contributed by atoms with Gasteiger partial charge in [0.25, 0.3) is 5.91 Å². The number of benzene rings is 3. The molecule has 0 unspecified atom stereocenters. The summed E-state index contributed by atoms with van der Waals surface area (Å²) in [5, 5.41) is 3.10. The van der Waals surface area contributed by atoms with Crippen molar-refractivity contribution >= 4 is 23.6 Å². The summed E-state index contributed by atoms with van der Waals surface area (Å²) in [5.74, 6) is -0.0506. The van der Waals surface area contributed by atoms with E-state index in [2.05, 4.69) is 54.8 Å². The van der Waals surface area contributed by atoms with Gasteiger partial charge in [-0.05, 0) is 66.3 Å². The van der Waals surface area contributed by atoms with E-state index in [0.29, 0.717) is 6.61 Å². The highest BCUT2D eigenvalue weighted by molar-refractivity contribution is 6.07. The Labute approximate surface area is 237 Å². The van der Waals surface area contributed by atoms with Gasteiger partial charge in [0.1, 0.15) is 6.54 Å². The van der Waals surface area contributed by atoms with Crippen LogP contribution >= 0.6 is 0 Å². The molecule has 5 nitrogen and oxygen atoms in total. The minimum absolute atomic E-state index is 0. The molecule has 1 saturated heterocycles. The minimum Gasteiger partial charge on any atom is -1.00 e. The van der Waals surface area contributed by atoms with Crippen molar-refractivity contribution < 1.29 is 31.2 Å². The number of hydrogen-bond acceptors (Lipinski definition) is 3. The van der Waals surface area contributed by atoms with E-state index in [0.717, 1.165) is 66.6 Å². The molecule has 2 aliphatic rings. The van der Waals surface area contributed by atoms with E-state index in [-0.39, 0.29) is 30.2 Å². The normalized spacial score (nSPS) is 20.2. The number of ether oxygens (including phenoxy) is 1. The zero-order valence-electron chi connectivity index (χ0n) is 22.8. The molecule has 1 fully saturated rings. The average Bonchev–Trinajstić information content (AvgIpc) is 2.94. The molecule has 1 aliphatic heterocycles. The molecule has 0 spiro atoms. The van der Waals surface area contributed by atoms with Gasteiger partial charge in [-0.1, -0.05) is 54.6 Å². The molecule has 0 aromatic heterocycles. The molecule has 0 saturated carbocycles. The predicted octanol–water partition coefficient (Wildman–Crippen LogP) is 3.25. The molecular formula is C33H37ClN2O3. The Kier molecular flexibility index (Phi) is 9.26. The van der Waals surface area contributed by atoms with Gasteiger partial charge >= 0.3 is 5.97 Å². The Hall–Kier alpha value is -3.41. The number of amides is 1. The first-order valence-corrected chi connectivity index (χ1v) is 13.7. The maximum absolute atomic E-state index is 13.1. The van der Waals surface area contributed by atoms with Gasteiger partial charge in [0.05, 0.1) is 32.7 Å². The van der Waals surface area contributed by atoms with Crippen LogP contribution in [0.4, 0.5) is 5.69 Å². The number of nitrogens with zero attached hydrogens (tertiary/aromatic N) is 1. The standard InChI is InChI=1S/C33H36N2O3.ClH/c1-3-38-33(37)27-17-19-35(2,20-18-27)23-24-9-15-31(16-10-24)34-32(36)29-14-12-26-11-13-28(21-30(26)22-29)25-7-5-4-6-8-25;/h4-11,13,15-16,21-22,27H,3,12,14,17-20,23H2,1-2H3;1H. The van der Waals surface area contributed by atoms with Crippen molar-refractivity contribution in [1.82, 2.24) is 0 Å². The zero-order chi connectivity index (χ0) is 26.5. The summed E-state index contributed by atoms with van der Waals surface area (Å²) in [7, 11) is 2.26. The Morgan fingerprint density at radius 3 is 2.33 bits per heavy atom. The van der Waals surface area contributed by atoms with E-state index < -0.39 is 0 Å². The lowest BCUT2D eigenvalue weighted by atomic mass is 9.89. The largest absolute Gasteiger partial charge is 1.00 e. The van der Waals surface area contributed by atoms with Gasteiger partial charge in [0.2, 0.25) is 0 Å². The highest BCUT2D eigenvalue weighted by Crippen LogP contribution is 2.30. The first-order valence-electron chi connectivity index (χ1n) is 13.7. The van der Waals surface area contributed by atoms with Gasteiger partial charge in [-0.15, -0.1) is 0 Å². The molecule has 1 heterocycles. The molecule has 0 radical (unpaired) electrons. The summed E-state index contributed by atoms with van der Waals surface area (Å²) in [6.45, 7) is 5.15. The number of esters is 1. The number of aryl methyl sites for hydroxylation is 1. The number of nitrogens with one attached hydrogen (secondary N) is 1. The zero-order valence-corrected chi connectivity index (χ0v) is 23.5. The quantitative estimate of drug-likeness (QED) is 0.367. The topological polar surface area (TPSA) is 55.4 Å². The van der Waals surface area contributed by atoms with Crippen molar-refractivity contribution in [2.75, 3.05) is 32.1 Å². The third-order valence-electron chi connectivity index (χ3n) is 7.97. The van der Waals surface area contributed by atoms with E-state index in [1.54, 1.807) is 0 Å². The summed E-state index contributed by atoms with van der Waals surface area (Å²) in [5.41, 5.74) is 7.62. The molecule has 5 rings (SSSR count). The van der Waals surface area contributed by atoms with Crippen LogP contribution in [0.2, 0.25) is 0 Å². The number of carbonyl (C=O) groups excluding carboxylic acids is 2. The Balaban J connectivity index is 0.00000353. The van der Waals surface area contributed by atoms with Crippen LogP contribution in [-0.4, -0.2) is 43.1 Å². The fourth-order valence-corrected chi connectivity index (χ4v) is 5.67. The molecular weight excluding hydrogens is 508 g/mol. The van der Waals surface area contributed by atoms with E-state index in [1.807, 2.05) is 43.3 Å². The number of piperidine rings is 1. The van der Waals surface area contributed by atoms with Crippen molar-refractivity contribution in [2.24, 2.45) is 5.92 Å². The first kappa shape index (κ1) is 28.6. The SMILES string of the molecule is CCOC(=O)C1CC[N+](C)(Cc2ccc(NC(=O)C3=Cc4cc(-c5ccccc5)ccc4CC3)cc2)CC1.[Cl-].